The lowest BCUT2D eigenvalue weighted by atomic mass is 9.93. The van der Waals surface area contributed by atoms with Crippen LogP contribution in [0.1, 0.15) is 31.2 Å². The van der Waals surface area contributed by atoms with E-state index in [0.29, 0.717) is 5.88 Å². The zero-order valence-electron chi connectivity index (χ0n) is 8.36. The van der Waals surface area contributed by atoms with E-state index in [4.69, 9.17) is 4.74 Å². The smallest absolute Gasteiger partial charge is 0.213 e. The lowest BCUT2D eigenvalue weighted by Gasteiger charge is -2.22. The van der Waals surface area contributed by atoms with Crippen LogP contribution in [0.2, 0.25) is 0 Å². The average Bonchev–Trinajstić information content (AvgIpc) is 2.67. The van der Waals surface area contributed by atoms with Crippen molar-refractivity contribution in [2.45, 2.75) is 31.3 Å². The van der Waals surface area contributed by atoms with Gasteiger partial charge >= 0.3 is 0 Å². The van der Waals surface area contributed by atoms with Gasteiger partial charge in [-0.2, -0.15) is 0 Å². The Morgan fingerprint density at radius 3 is 2.79 bits per heavy atom. The molecule has 3 nitrogen and oxygen atoms in total. The fourth-order valence-electron chi connectivity index (χ4n) is 2.06. The quantitative estimate of drug-likeness (QED) is 0.779. The van der Waals surface area contributed by atoms with Crippen molar-refractivity contribution < 1.29 is 9.84 Å². The molecule has 0 radical (unpaired) electrons. The second-order valence-corrected chi connectivity index (χ2v) is 3.83. The highest BCUT2D eigenvalue weighted by molar-refractivity contribution is 5.26. The largest absolute Gasteiger partial charge is 0.481 e. The van der Waals surface area contributed by atoms with Crippen LogP contribution >= 0.6 is 0 Å². The van der Waals surface area contributed by atoms with Crippen LogP contribution in [0.3, 0.4) is 0 Å². The van der Waals surface area contributed by atoms with E-state index < -0.39 is 5.60 Å². The number of aliphatic hydroxyl groups is 1. The van der Waals surface area contributed by atoms with Crippen LogP contribution in [0, 0.1) is 0 Å². The first-order valence-corrected chi connectivity index (χ1v) is 4.97. The van der Waals surface area contributed by atoms with E-state index in [1.54, 1.807) is 13.3 Å². The second-order valence-electron chi connectivity index (χ2n) is 3.83. The molecule has 14 heavy (non-hydrogen) atoms. The number of methoxy groups -OCH3 is 1. The Morgan fingerprint density at radius 2 is 2.14 bits per heavy atom. The molecule has 0 aromatic carbocycles. The Hall–Kier alpha value is -1.09. The van der Waals surface area contributed by atoms with Crippen molar-refractivity contribution in [2.75, 3.05) is 7.11 Å². The normalized spacial score (nSPS) is 19.6. The minimum absolute atomic E-state index is 0.572. The Labute approximate surface area is 83.7 Å². The van der Waals surface area contributed by atoms with Gasteiger partial charge in [-0.15, -0.1) is 0 Å². The van der Waals surface area contributed by atoms with Gasteiger partial charge in [-0.3, -0.25) is 0 Å². The fraction of sp³-hybridized carbons (Fsp3) is 0.545. The number of hydrogen-bond donors (Lipinski definition) is 1. The molecule has 1 saturated carbocycles. The molecule has 1 aromatic rings. The van der Waals surface area contributed by atoms with Crippen molar-refractivity contribution in [1.82, 2.24) is 4.98 Å². The van der Waals surface area contributed by atoms with Crippen LogP contribution in [-0.4, -0.2) is 17.2 Å². The molecule has 0 saturated heterocycles. The highest BCUT2D eigenvalue weighted by Gasteiger charge is 2.33. The van der Waals surface area contributed by atoms with E-state index >= 15 is 0 Å². The van der Waals surface area contributed by atoms with Crippen LogP contribution < -0.4 is 4.74 Å². The molecular weight excluding hydrogens is 178 g/mol. The monoisotopic (exact) mass is 193 g/mol. The molecule has 0 bridgehead atoms. The number of nitrogens with zero attached hydrogens (tertiary/aromatic N) is 1. The van der Waals surface area contributed by atoms with Crippen LogP contribution in [0.25, 0.3) is 0 Å². The maximum atomic E-state index is 10.3. The summed E-state index contributed by atoms with van der Waals surface area (Å²) in [6.07, 6.45) is 5.58. The summed E-state index contributed by atoms with van der Waals surface area (Å²) in [4.78, 5) is 4.03. The lowest BCUT2D eigenvalue weighted by Crippen LogP contribution is -2.20. The van der Waals surface area contributed by atoms with E-state index in [1.807, 2.05) is 12.1 Å². The van der Waals surface area contributed by atoms with E-state index in [-0.39, 0.29) is 0 Å². The third-order valence-electron chi connectivity index (χ3n) is 2.91. The zero-order valence-corrected chi connectivity index (χ0v) is 8.36. The van der Waals surface area contributed by atoms with Gasteiger partial charge in [-0.1, -0.05) is 12.8 Å². The van der Waals surface area contributed by atoms with Gasteiger partial charge in [0.2, 0.25) is 5.88 Å². The van der Waals surface area contributed by atoms with Gasteiger partial charge in [0.05, 0.1) is 12.7 Å². The summed E-state index contributed by atoms with van der Waals surface area (Å²) in [5, 5.41) is 10.3. The van der Waals surface area contributed by atoms with Gasteiger partial charge in [0.15, 0.2) is 0 Å². The van der Waals surface area contributed by atoms with Gasteiger partial charge in [0.25, 0.3) is 0 Å². The highest BCUT2D eigenvalue weighted by atomic mass is 16.5. The summed E-state index contributed by atoms with van der Waals surface area (Å²) in [7, 11) is 1.59. The number of ether oxygens (including phenoxy) is 1. The molecule has 1 aliphatic rings. The molecular formula is C11H15NO2. The molecule has 0 aliphatic heterocycles. The summed E-state index contributed by atoms with van der Waals surface area (Å²) >= 11 is 0. The molecule has 1 aliphatic carbocycles. The Morgan fingerprint density at radius 1 is 1.43 bits per heavy atom. The predicted octanol–water partition coefficient (Wildman–Crippen LogP) is 1.85. The van der Waals surface area contributed by atoms with Gasteiger partial charge in [0.1, 0.15) is 0 Å². The number of hydrogen-bond acceptors (Lipinski definition) is 3. The molecule has 3 heteroatoms. The Balaban J connectivity index is 2.30. The lowest BCUT2D eigenvalue weighted by molar-refractivity contribution is 0.0441. The van der Waals surface area contributed by atoms with Gasteiger partial charge in [0, 0.05) is 12.3 Å². The molecule has 76 valence electrons. The predicted molar refractivity (Wildman–Crippen MR) is 53.2 cm³/mol. The van der Waals surface area contributed by atoms with Crippen LogP contribution in [-0.2, 0) is 5.60 Å². The average molecular weight is 193 g/mol. The molecule has 1 fully saturated rings. The maximum absolute atomic E-state index is 10.3. The molecule has 2 rings (SSSR count). The topological polar surface area (TPSA) is 42.4 Å². The van der Waals surface area contributed by atoms with E-state index in [2.05, 4.69) is 4.98 Å². The summed E-state index contributed by atoms with van der Waals surface area (Å²) in [5.41, 5.74) is 0.290. The second kappa shape index (κ2) is 3.58. The van der Waals surface area contributed by atoms with Crippen molar-refractivity contribution in [2.24, 2.45) is 0 Å². The number of pyridine rings is 1. The molecule has 0 atom stereocenters. The Kier molecular flexibility index (Phi) is 2.42. The first-order chi connectivity index (χ1) is 6.74. The standard InChI is InChI=1S/C11H15NO2/c1-14-10-8-9(4-7-12-10)11(13)5-2-3-6-11/h4,7-8,13H,2-3,5-6H2,1H3. The van der Waals surface area contributed by atoms with Crippen LogP contribution in [0.4, 0.5) is 0 Å². The number of rotatable bonds is 2. The first kappa shape index (κ1) is 9.46. The van der Waals surface area contributed by atoms with Crippen molar-refractivity contribution in [3.05, 3.63) is 23.9 Å². The SMILES string of the molecule is COc1cc(C2(O)CCCC2)ccn1. The molecule has 0 amide bonds. The van der Waals surface area contributed by atoms with E-state index in [1.165, 1.54) is 0 Å². The van der Waals surface area contributed by atoms with Gasteiger partial charge in [-0.05, 0) is 24.5 Å². The highest BCUT2D eigenvalue weighted by Crippen LogP contribution is 2.38. The molecule has 0 unspecified atom stereocenters. The van der Waals surface area contributed by atoms with Crippen molar-refractivity contribution >= 4 is 0 Å². The molecule has 1 N–H and O–H groups in total. The molecule has 1 heterocycles. The minimum atomic E-state index is -0.643. The third-order valence-corrected chi connectivity index (χ3v) is 2.91. The third kappa shape index (κ3) is 1.60. The van der Waals surface area contributed by atoms with Crippen LogP contribution in [0.15, 0.2) is 18.3 Å². The van der Waals surface area contributed by atoms with Gasteiger partial charge < -0.3 is 9.84 Å². The summed E-state index contributed by atoms with van der Waals surface area (Å²) in [5.74, 6) is 0.572. The maximum Gasteiger partial charge on any atom is 0.213 e. The van der Waals surface area contributed by atoms with Crippen LogP contribution in [0.5, 0.6) is 5.88 Å². The molecule has 1 aromatic heterocycles. The van der Waals surface area contributed by atoms with Gasteiger partial charge in [-0.25, -0.2) is 4.98 Å². The Bertz CT molecular complexity index is 319. The van der Waals surface area contributed by atoms with Crippen molar-refractivity contribution in [1.29, 1.82) is 0 Å². The van der Waals surface area contributed by atoms with Crippen molar-refractivity contribution in [3.8, 4) is 5.88 Å². The fourth-order valence-corrected chi connectivity index (χ4v) is 2.06. The molecule has 0 spiro atoms. The van der Waals surface area contributed by atoms with Crippen molar-refractivity contribution in [3.63, 3.8) is 0 Å². The summed E-state index contributed by atoms with van der Waals surface area (Å²) in [6, 6.07) is 3.69. The zero-order chi connectivity index (χ0) is 10.0. The summed E-state index contributed by atoms with van der Waals surface area (Å²) < 4.78 is 5.04. The summed E-state index contributed by atoms with van der Waals surface area (Å²) in [6.45, 7) is 0. The first-order valence-electron chi connectivity index (χ1n) is 4.97. The number of aromatic nitrogens is 1. The van der Waals surface area contributed by atoms with E-state index in [9.17, 15) is 5.11 Å². The van der Waals surface area contributed by atoms with E-state index in [0.717, 1.165) is 31.2 Å². The minimum Gasteiger partial charge on any atom is -0.481 e.